The fraction of sp³-hybridized carbons (Fsp3) is 0.0526. The van der Waals surface area contributed by atoms with Crippen LogP contribution in [0.4, 0.5) is 5.69 Å². The van der Waals surface area contributed by atoms with Crippen molar-refractivity contribution in [1.29, 1.82) is 0 Å². The van der Waals surface area contributed by atoms with Gasteiger partial charge in [-0.2, -0.15) is 5.10 Å². The summed E-state index contributed by atoms with van der Waals surface area (Å²) in [5.74, 6) is 0.174. The highest BCUT2D eigenvalue weighted by atomic mass is 16.6. The number of carbonyl (C=O) groups is 1. The van der Waals surface area contributed by atoms with Crippen LogP contribution in [0.25, 0.3) is 10.8 Å². The van der Waals surface area contributed by atoms with Crippen LogP contribution in [0.15, 0.2) is 65.8 Å². The summed E-state index contributed by atoms with van der Waals surface area (Å²) in [4.78, 5) is 22.2. The summed E-state index contributed by atoms with van der Waals surface area (Å²) < 4.78 is 5.36. The monoisotopic (exact) mass is 349 g/mol. The molecule has 0 unspecified atom stereocenters. The number of nitrogens with zero attached hydrogens (tertiary/aromatic N) is 2. The summed E-state index contributed by atoms with van der Waals surface area (Å²) in [6.45, 7) is 0. The third kappa shape index (κ3) is 3.51. The molecule has 3 aromatic rings. The molecule has 0 saturated heterocycles. The SMILES string of the molecule is COc1ccc2ccccc2c1C=NNC(=O)c1ccc([N+](=O)[O-])cc1. The number of nitro groups is 1. The fourth-order valence-electron chi connectivity index (χ4n) is 2.54. The molecule has 0 aliphatic rings. The Labute approximate surface area is 149 Å². The van der Waals surface area contributed by atoms with Crippen molar-refractivity contribution >= 4 is 28.6 Å². The molecule has 0 heterocycles. The summed E-state index contributed by atoms with van der Waals surface area (Å²) in [7, 11) is 1.57. The second kappa shape index (κ2) is 7.43. The highest BCUT2D eigenvalue weighted by Crippen LogP contribution is 2.26. The molecule has 0 atom stereocenters. The maximum absolute atomic E-state index is 12.1. The Kier molecular flexibility index (Phi) is 4.89. The fourth-order valence-corrected chi connectivity index (χ4v) is 2.54. The first-order valence-corrected chi connectivity index (χ1v) is 7.74. The van der Waals surface area contributed by atoms with E-state index in [0.29, 0.717) is 5.75 Å². The van der Waals surface area contributed by atoms with E-state index in [-0.39, 0.29) is 11.3 Å². The highest BCUT2D eigenvalue weighted by molar-refractivity contribution is 6.03. The molecule has 0 bridgehead atoms. The van der Waals surface area contributed by atoms with Crippen molar-refractivity contribution in [1.82, 2.24) is 5.43 Å². The van der Waals surface area contributed by atoms with Crippen LogP contribution < -0.4 is 10.2 Å². The molecular formula is C19H15N3O4. The van der Waals surface area contributed by atoms with Gasteiger partial charge < -0.3 is 4.74 Å². The van der Waals surface area contributed by atoms with Crippen molar-refractivity contribution in [2.45, 2.75) is 0 Å². The Morgan fingerprint density at radius 1 is 1.12 bits per heavy atom. The Bertz CT molecular complexity index is 997. The molecule has 0 radical (unpaired) electrons. The number of amides is 1. The zero-order chi connectivity index (χ0) is 18.5. The number of fused-ring (bicyclic) bond motifs is 1. The van der Waals surface area contributed by atoms with E-state index in [0.717, 1.165) is 16.3 Å². The molecule has 26 heavy (non-hydrogen) atoms. The molecule has 0 saturated carbocycles. The molecule has 0 aliphatic carbocycles. The van der Waals surface area contributed by atoms with Crippen LogP contribution in [0.3, 0.4) is 0 Å². The van der Waals surface area contributed by atoms with Crippen LogP contribution in [-0.4, -0.2) is 24.2 Å². The van der Waals surface area contributed by atoms with E-state index in [1.165, 1.54) is 30.5 Å². The van der Waals surface area contributed by atoms with E-state index < -0.39 is 10.8 Å². The molecule has 1 amide bonds. The zero-order valence-electron chi connectivity index (χ0n) is 13.9. The number of rotatable bonds is 5. The molecule has 0 aromatic heterocycles. The van der Waals surface area contributed by atoms with Gasteiger partial charge in [0.2, 0.25) is 0 Å². The first kappa shape index (κ1) is 17.1. The molecule has 0 aliphatic heterocycles. The normalized spacial score (nSPS) is 10.8. The van der Waals surface area contributed by atoms with E-state index in [9.17, 15) is 14.9 Å². The zero-order valence-corrected chi connectivity index (χ0v) is 13.9. The maximum atomic E-state index is 12.1. The van der Waals surface area contributed by atoms with Gasteiger partial charge in [0.15, 0.2) is 0 Å². The van der Waals surface area contributed by atoms with Gasteiger partial charge in [0.1, 0.15) is 5.75 Å². The summed E-state index contributed by atoms with van der Waals surface area (Å²) in [6.07, 6.45) is 1.52. The Hall–Kier alpha value is -3.74. The number of hydrogen-bond donors (Lipinski definition) is 1. The first-order chi connectivity index (χ1) is 12.6. The van der Waals surface area contributed by atoms with E-state index in [4.69, 9.17) is 4.74 Å². The van der Waals surface area contributed by atoms with Gasteiger partial charge in [0, 0.05) is 23.3 Å². The molecule has 1 N–H and O–H groups in total. The molecule has 7 nitrogen and oxygen atoms in total. The second-order valence-corrected chi connectivity index (χ2v) is 5.41. The lowest BCUT2D eigenvalue weighted by atomic mass is 10.0. The van der Waals surface area contributed by atoms with E-state index in [1.54, 1.807) is 7.11 Å². The van der Waals surface area contributed by atoms with E-state index in [2.05, 4.69) is 10.5 Å². The predicted molar refractivity (Wildman–Crippen MR) is 98.7 cm³/mol. The number of methoxy groups -OCH3 is 1. The second-order valence-electron chi connectivity index (χ2n) is 5.41. The standard InChI is InChI=1S/C19H15N3O4/c1-26-18-11-8-13-4-2-3-5-16(13)17(18)12-20-21-19(23)14-6-9-15(10-7-14)22(24)25/h2-12H,1H3,(H,21,23). The van der Waals surface area contributed by atoms with E-state index in [1.807, 2.05) is 36.4 Å². The quantitative estimate of drug-likeness (QED) is 0.433. The topological polar surface area (TPSA) is 93.8 Å². The highest BCUT2D eigenvalue weighted by Gasteiger charge is 2.09. The molecular weight excluding hydrogens is 334 g/mol. The number of carbonyl (C=O) groups excluding carboxylic acids is 1. The minimum absolute atomic E-state index is 0.0782. The van der Waals surface area contributed by atoms with Crippen molar-refractivity contribution in [2.75, 3.05) is 7.11 Å². The van der Waals surface area contributed by atoms with Gasteiger partial charge >= 0.3 is 0 Å². The van der Waals surface area contributed by atoms with Gasteiger partial charge in [-0.05, 0) is 29.0 Å². The van der Waals surface area contributed by atoms with Crippen molar-refractivity contribution in [3.05, 3.63) is 81.9 Å². The Balaban J connectivity index is 1.81. The average molecular weight is 349 g/mol. The maximum Gasteiger partial charge on any atom is 0.271 e. The molecule has 0 fully saturated rings. The summed E-state index contributed by atoms with van der Waals surface area (Å²) in [5, 5.41) is 16.6. The summed E-state index contributed by atoms with van der Waals surface area (Å²) in [5.41, 5.74) is 3.36. The van der Waals surface area contributed by atoms with Crippen LogP contribution >= 0.6 is 0 Å². The number of nitro benzene ring substituents is 1. The van der Waals surface area contributed by atoms with Crippen molar-refractivity contribution in [2.24, 2.45) is 5.10 Å². The molecule has 3 rings (SSSR count). The first-order valence-electron chi connectivity index (χ1n) is 7.74. The van der Waals surface area contributed by atoms with Gasteiger partial charge in [-0.25, -0.2) is 5.43 Å². The lowest BCUT2D eigenvalue weighted by Crippen LogP contribution is -2.17. The number of benzene rings is 3. The molecule has 7 heteroatoms. The van der Waals surface area contributed by atoms with Crippen LogP contribution in [0.5, 0.6) is 5.75 Å². The third-order valence-electron chi connectivity index (χ3n) is 3.85. The van der Waals surface area contributed by atoms with Gasteiger partial charge in [-0.1, -0.05) is 30.3 Å². The molecule has 0 spiro atoms. The largest absolute Gasteiger partial charge is 0.496 e. The average Bonchev–Trinajstić information content (AvgIpc) is 2.68. The van der Waals surface area contributed by atoms with Gasteiger partial charge in [0.25, 0.3) is 11.6 Å². The van der Waals surface area contributed by atoms with Crippen molar-refractivity contribution < 1.29 is 14.5 Å². The van der Waals surface area contributed by atoms with Crippen molar-refractivity contribution in [3.63, 3.8) is 0 Å². The number of nitrogens with one attached hydrogen (secondary N) is 1. The summed E-state index contributed by atoms with van der Waals surface area (Å²) >= 11 is 0. The third-order valence-corrected chi connectivity index (χ3v) is 3.85. The Morgan fingerprint density at radius 3 is 2.54 bits per heavy atom. The predicted octanol–water partition coefficient (Wildman–Crippen LogP) is 3.52. The van der Waals surface area contributed by atoms with Gasteiger partial charge in [-0.15, -0.1) is 0 Å². The number of hydrazone groups is 1. The molecule has 3 aromatic carbocycles. The molecule has 130 valence electrons. The minimum Gasteiger partial charge on any atom is -0.496 e. The van der Waals surface area contributed by atoms with Crippen LogP contribution in [0, 0.1) is 10.1 Å². The van der Waals surface area contributed by atoms with Crippen molar-refractivity contribution in [3.8, 4) is 5.75 Å². The number of ether oxygens (including phenoxy) is 1. The summed E-state index contributed by atoms with van der Waals surface area (Å²) in [6, 6.07) is 16.8. The number of non-ortho nitro benzene ring substituents is 1. The van der Waals surface area contributed by atoms with Crippen LogP contribution in [-0.2, 0) is 0 Å². The minimum atomic E-state index is -0.521. The lowest BCUT2D eigenvalue weighted by Gasteiger charge is -2.08. The smallest absolute Gasteiger partial charge is 0.271 e. The lowest BCUT2D eigenvalue weighted by molar-refractivity contribution is -0.384. The Morgan fingerprint density at radius 2 is 1.85 bits per heavy atom. The van der Waals surface area contributed by atoms with Gasteiger partial charge in [-0.3, -0.25) is 14.9 Å². The number of hydrogen-bond acceptors (Lipinski definition) is 5. The van der Waals surface area contributed by atoms with Crippen LogP contribution in [0.2, 0.25) is 0 Å². The van der Waals surface area contributed by atoms with E-state index >= 15 is 0 Å². The van der Waals surface area contributed by atoms with Gasteiger partial charge in [0.05, 0.1) is 18.2 Å². The van der Waals surface area contributed by atoms with Crippen LogP contribution in [0.1, 0.15) is 15.9 Å².